The SMILES string of the molecule is Cc1cc(C(=O)OCc2cc(Cl)cc3c2OCOC3)on1. The number of esters is 1. The highest BCUT2D eigenvalue weighted by molar-refractivity contribution is 6.30. The first-order valence-corrected chi connectivity index (χ1v) is 6.63. The molecule has 1 aliphatic heterocycles. The van der Waals surface area contributed by atoms with Gasteiger partial charge in [0, 0.05) is 22.2 Å². The number of carbonyl (C=O) groups excluding carboxylic acids is 1. The zero-order chi connectivity index (χ0) is 14.8. The Bertz CT molecular complexity index is 682. The maximum atomic E-state index is 11.8. The molecule has 0 amide bonds. The normalized spacial score (nSPS) is 13.4. The van der Waals surface area contributed by atoms with Crippen LogP contribution in [0.5, 0.6) is 5.75 Å². The fourth-order valence-electron chi connectivity index (χ4n) is 2.04. The molecule has 1 aromatic carbocycles. The number of rotatable bonds is 3. The fraction of sp³-hybridized carbons (Fsp3) is 0.286. The summed E-state index contributed by atoms with van der Waals surface area (Å²) in [7, 11) is 0. The van der Waals surface area contributed by atoms with Crippen LogP contribution >= 0.6 is 11.6 Å². The number of aryl methyl sites for hydroxylation is 1. The maximum absolute atomic E-state index is 11.8. The van der Waals surface area contributed by atoms with Crippen LogP contribution in [0.1, 0.15) is 27.4 Å². The summed E-state index contributed by atoms with van der Waals surface area (Å²) in [6, 6.07) is 4.98. The van der Waals surface area contributed by atoms with Crippen molar-refractivity contribution in [3.05, 3.63) is 45.8 Å². The Morgan fingerprint density at radius 1 is 1.43 bits per heavy atom. The molecular formula is C14H12ClNO5. The first kappa shape index (κ1) is 13.9. The molecule has 1 aromatic heterocycles. The molecule has 0 atom stereocenters. The molecule has 0 aliphatic carbocycles. The van der Waals surface area contributed by atoms with E-state index in [1.165, 1.54) is 6.07 Å². The van der Waals surface area contributed by atoms with E-state index in [-0.39, 0.29) is 19.2 Å². The van der Waals surface area contributed by atoms with Crippen LogP contribution in [0.4, 0.5) is 0 Å². The lowest BCUT2D eigenvalue weighted by molar-refractivity contribution is -0.0181. The van der Waals surface area contributed by atoms with Gasteiger partial charge in [-0.25, -0.2) is 4.79 Å². The van der Waals surface area contributed by atoms with Crippen LogP contribution in [-0.2, 0) is 22.7 Å². The van der Waals surface area contributed by atoms with Gasteiger partial charge in [-0.15, -0.1) is 0 Å². The van der Waals surface area contributed by atoms with E-state index in [1.807, 2.05) is 0 Å². The second-order valence-electron chi connectivity index (χ2n) is 4.57. The van der Waals surface area contributed by atoms with Crippen molar-refractivity contribution in [1.29, 1.82) is 0 Å². The lowest BCUT2D eigenvalue weighted by atomic mass is 10.1. The third-order valence-electron chi connectivity index (χ3n) is 2.94. The molecule has 0 spiro atoms. The van der Waals surface area contributed by atoms with Gasteiger partial charge in [-0.3, -0.25) is 0 Å². The first-order chi connectivity index (χ1) is 10.1. The molecule has 0 radical (unpaired) electrons. The van der Waals surface area contributed by atoms with Crippen LogP contribution in [0.25, 0.3) is 0 Å². The van der Waals surface area contributed by atoms with Gasteiger partial charge < -0.3 is 18.7 Å². The fourth-order valence-corrected chi connectivity index (χ4v) is 2.30. The summed E-state index contributed by atoms with van der Waals surface area (Å²) in [5.74, 6) is 0.122. The van der Waals surface area contributed by atoms with Gasteiger partial charge in [0.25, 0.3) is 0 Å². The minimum Gasteiger partial charge on any atom is -0.467 e. The lowest BCUT2D eigenvalue weighted by Gasteiger charge is -2.20. The third kappa shape index (κ3) is 3.01. The number of ether oxygens (including phenoxy) is 3. The van der Waals surface area contributed by atoms with Gasteiger partial charge in [0.15, 0.2) is 6.79 Å². The highest BCUT2D eigenvalue weighted by Crippen LogP contribution is 2.32. The van der Waals surface area contributed by atoms with Gasteiger partial charge in [0.2, 0.25) is 5.76 Å². The van der Waals surface area contributed by atoms with Crippen molar-refractivity contribution in [2.24, 2.45) is 0 Å². The maximum Gasteiger partial charge on any atom is 0.377 e. The number of aromatic nitrogens is 1. The smallest absolute Gasteiger partial charge is 0.377 e. The monoisotopic (exact) mass is 309 g/mol. The number of hydrogen-bond acceptors (Lipinski definition) is 6. The molecule has 0 saturated carbocycles. The molecular weight excluding hydrogens is 298 g/mol. The van der Waals surface area contributed by atoms with Crippen LogP contribution in [0.15, 0.2) is 22.7 Å². The largest absolute Gasteiger partial charge is 0.467 e. The molecule has 1 aliphatic rings. The molecule has 110 valence electrons. The second-order valence-corrected chi connectivity index (χ2v) is 5.01. The van der Waals surface area contributed by atoms with Crippen molar-refractivity contribution in [2.75, 3.05) is 6.79 Å². The Hall–Kier alpha value is -2.05. The minimum atomic E-state index is -0.587. The predicted octanol–water partition coefficient (Wildman–Crippen LogP) is 2.86. The summed E-state index contributed by atoms with van der Waals surface area (Å²) in [5, 5.41) is 4.17. The van der Waals surface area contributed by atoms with Crippen molar-refractivity contribution in [3.8, 4) is 5.75 Å². The summed E-state index contributed by atoms with van der Waals surface area (Å²) in [6.45, 7) is 2.33. The number of carbonyl (C=O) groups is 1. The molecule has 0 fully saturated rings. The molecule has 6 nitrogen and oxygen atoms in total. The van der Waals surface area contributed by atoms with Crippen LogP contribution in [0.2, 0.25) is 5.02 Å². The molecule has 0 unspecified atom stereocenters. The first-order valence-electron chi connectivity index (χ1n) is 6.26. The van der Waals surface area contributed by atoms with E-state index in [0.29, 0.717) is 28.6 Å². The summed E-state index contributed by atoms with van der Waals surface area (Å²) in [6.07, 6.45) is 0. The number of hydrogen-bond donors (Lipinski definition) is 0. The van der Waals surface area contributed by atoms with Crippen LogP contribution in [0.3, 0.4) is 0 Å². The zero-order valence-electron chi connectivity index (χ0n) is 11.2. The number of nitrogens with zero attached hydrogens (tertiary/aromatic N) is 1. The number of halogens is 1. The second kappa shape index (κ2) is 5.75. The Kier molecular flexibility index (Phi) is 3.81. The molecule has 2 heterocycles. The molecule has 7 heteroatoms. The van der Waals surface area contributed by atoms with Gasteiger partial charge in [0.05, 0.1) is 12.3 Å². The number of benzene rings is 1. The van der Waals surface area contributed by atoms with Crippen LogP contribution in [0, 0.1) is 6.92 Å². The average Bonchev–Trinajstić information content (AvgIpc) is 2.91. The molecule has 2 aromatic rings. The summed E-state index contributed by atoms with van der Waals surface area (Å²) >= 11 is 6.04. The van der Waals surface area contributed by atoms with Gasteiger partial charge in [0.1, 0.15) is 12.4 Å². The van der Waals surface area contributed by atoms with E-state index in [9.17, 15) is 4.79 Å². The number of fused-ring (bicyclic) bond motifs is 1. The van der Waals surface area contributed by atoms with Crippen LogP contribution < -0.4 is 4.74 Å². The van der Waals surface area contributed by atoms with E-state index in [4.69, 9.17) is 30.3 Å². The topological polar surface area (TPSA) is 70.8 Å². The summed E-state index contributed by atoms with van der Waals surface area (Å²) in [4.78, 5) is 11.8. The van der Waals surface area contributed by atoms with E-state index < -0.39 is 5.97 Å². The quantitative estimate of drug-likeness (QED) is 0.812. The van der Waals surface area contributed by atoms with E-state index in [0.717, 1.165) is 5.56 Å². The van der Waals surface area contributed by atoms with Crippen molar-refractivity contribution in [1.82, 2.24) is 5.16 Å². The summed E-state index contributed by atoms with van der Waals surface area (Å²) in [5.41, 5.74) is 2.13. The van der Waals surface area contributed by atoms with E-state index >= 15 is 0 Å². The standard InChI is InChI=1S/C14H12ClNO5/c1-8-2-12(21-16-8)14(17)19-6-10-4-11(15)3-9-5-18-7-20-13(9)10/h2-4H,5-7H2,1H3. The highest BCUT2D eigenvalue weighted by atomic mass is 35.5. The van der Waals surface area contributed by atoms with Crippen LogP contribution in [-0.4, -0.2) is 17.9 Å². The Morgan fingerprint density at radius 3 is 3.05 bits per heavy atom. The van der Waals surface area contributed by atoms with Gasteiger partial charge in [-0.2, -0.15) is 0 Å². The van der Waals surface area contributed by atoms with Crippen molar-refractivity contribution in [3.63, 3.8) is 0 Å². The van der Waals surface area contributed by atoms with Gasteiger partial charge in [-0.1, -0.05) is 16.8 Å². The molecule has 0 saturated heterocycles. The molecule has 21 heavy (non-hydrogen) atoms. The Morgan fingerprint density at radius 2 is 2.29 bits per heavy atom. The molecule has 3 rings (SSSR count). The van der Waals surface area contributed by atoms with Gasteiger partial charge in [-0.05, 0) is 19.1 Å². The highest BCUT2D eigenvalue weighted by Gasteiger charge is 2.19. The minimum absolute atomic E-state index is 0.0292. The summed E-state index contributed by atoms with van der Waals surface area (Å²) < 4.78 is 20.7. The van der Waals surface area contributed by atoms with E-state index in [2.05, 4.69) is 5.16 Å². The molecule has 0 N–H and O–H groups in total. The van der Waals surface area contributed by atoms with Crippen molar-refractivity contribution >= 4 is 17.6 Å². The zero-order valence-corrected chi connectivity index (χ0v) is 12.0. The molecule has 0 bridgehead atoms. The van der Waals surface area contributed by atoms with Gasteiger partial charge >= 0.3 is 5.97 Å². The third-order valence-corrected chi connectivity index (χ3v) is 3.16. The Balaban J connectivity index is 1.76. The average molecular weight is 310 g/mol. The van der Waals surface area contributed by atoms with Crippen molar-refractivity contribution < 1.29 is 23.5 Å². The lowest BCUT2D eigenvalue weighted by Crippen LogP contribution is -2.14. The predicted molar refractivity (Wildman–Crippen MR) is 72.1 cm³/mol. The van der Waals surface area contributed by atoms with E-state index in [1.54, 1.807) is 19.1 Å². The Labute approximate surface area is 125 Å². The van der Waals surface area contributed by atoms with Crippen molar-refractivity contribution in [2.45, 2.75) is 20.1 Å².